The van der Waals surface area contributed by atoms with Gasteiger partial charge >= 0.3 is 0 Å². The van der Waals surface area contributed by atoms with Crippen LogP contribution in [0.2, 0.25) is 0 Å². The molecular weight excluding hydrogens is 428 g/mol. The highest BCUT2D eigenvalue weighted by Gasteiger charge is 2.04. The fourth-order valence-corrected chi connectivity index (χ4v) is 4.40. The summed E-state index contributed by atoms with van der Waals surface area (Å²) in [5.74, 6) is 1.85. The van der Waals surface area contributed by atoms with Crippen molar-refractivity contribution in [1.82, 2.24) is 0 Å². The lowest BCUT2D eigenvalue weighted by molar-refractivity contribution is 0.304. The molecule has 0 saturated carbocycles. The average molecular weight is 467 g/mol. The molecule has 0 bridgehead atoms. The van der Waals surface area contributed by atoms with E-state index in [2.05, 4.69) is 67.6 Å². The largest absolute Gasteiger partial charge is 0.494 e. The Kier molecular flexibility index (Phi) is 9.64. The van der Waals surface area contributed by atoms with Gasteiger partial charge in [0.05, 0.1) is 6.61 Å². The molecule has 182 valence electrons. The quantitative estimate of drug-likeness (QED) is 0.172. The third kappa shape index (κ3) is 7.89. The van der Waals surface area contributed by atoms with Crippen molar-refractivity contribution in [3.63, 3.8) is 0 Å². The molecule has 0 aromatic heterocycles. The molecule has 4 aromatic rings. The second-order valence-corrected chi connectivity index (χ2v) is 9.35. The molecule has 0 saturated heterocycles. The number of hydrogen-bond acceptors (Lipinski definition) is 2. The van der Waals surface area contributed by atoms with Gasteiger partial charge in [0.15, 0.2) is 0 Å². The number of ether oxygens (including phenoxy) is 2. The van der Waals surface area contributed by atoms with Crippen LogP contribution >= 0.6 is 0 Å². The summed E-state index contributed by atoms with van der Waals surface area (Å²) < 4.78 is 12.0. The second kappa shape index (κ2) is 13.6. The summed E-state index contributed by atoms with van der Waals surface area (Å²) in [6, 6.07) is 31.6. The van der Waals surface area contributed by atoms with E-state index < -0.39 is 0 Å². The van der Waals surface area contributed by atoms with Crippen LogP contribution in [-0.4, -0.2) is 6.61 Å². The lowest BCUT2D eigenvalue weighted by Crippen LogP contribution is -1.97. The molecule has 0 N–H and O–H groups in total. The van der Waals surface area contributed by atoms with Gasteiger partial charge in [-0.05, 0) is 64.2 Å². The van der Waals surface area contributed by atoms with E-state index in [-0.39, 0.29) is 0 Å². The van der Waals surface area contributed by atoms with Crippen LogP contribution in [0.4, 0.5) is 0 Å². The van der Waals surface area contributed by atoms with Crippen molar-refractivity contribution < 1.29 is 9.47 Å². The molecule has 0 radical (unpaired) electrons. The lowest BCUT2D eigenvalue weighted by atomic mass is 10.0. The van der Waals surface area contributed by atoms with E-state index in [1.54, 1.807) is 0 Å². The minimum Gasteiger partial charge on any atom is -0.494 e. The molecule has 0 unspecified atom stereocenters. The van der Waals surface area contributed by atoms with Crippen molar-refractivity contribution in [3.05, 3.63) is 96.6 Å². The van der Waals surface area contributed by atoms with Gasteiger partial charge in [-0.25, -0.2) is 0 Å². The molecule has 4 aromatic carbocycles. The molecule has 35 heavy (non-hydrogen) atoms. The first kappa shape index (κ1) is 24.9. The third-order valence-electron chi connectivity index (χ3n) is 6.51. The van der Waals surface area contributed by atoms with E-state index >= 15 is 0 Å². The van der Waals surface area contributed by atoms with E-state index in [0.717, 1.165) is 24.5 Å². The van der Waals surface area contributed by atoms with Crippen LogP contribution in [0.1, 0.15) is 63.9 Å². The molecular formula is C33H38O2. The summed E-state index contributed by atoms with van der Waals surface area (Å²) in [6.07, 6.45) is 10.6. The fraction of sp³-hybridized carbons (Fsp3) is 0.333. The van der Waals surface area contributed by atoms with Gasteiger partial charge < -0.3 is 9.47 Å². The highest BCUT2D eigenvalue weighted by Crippen LogP contribution is 2.28. The van der Waals surface area contributed by atoms with Gasteiger partial charge in [-0.15, -0.1) is 0 Å². The Labute approximate surface area is 210 Å². The summed E-state index contributed by atoms with van der Waals surface area (Å²) in [5.41, 5.74) is 3.57. The Hall–Kier alpha value is -3.26. The molecule has 0 aliphatic carbocycles. The summed E-state index contributed by atoms with van der Waals surface area (Å²) in [5, 5.41) is 2.44. The van der Waals surface area contributed by atoms with Crippen molar-refractivity contribution in [2.24, 2.45) is 0 Å². The summed E-state index contributed by atoms with van der Waals surface area (Å²) in [4.78, 5) is 0. The van der Waals surface area contributed by atoms with Crippen molar-refractivity contribution in [1.29, 1.82) is 0 Å². The van der Waals surface area contributed by atoms with Crippen LogP contribution in [0.25, 0.3) is 21.9 Å². The number of benzene rings is 4. The van der Waals surface area contributed by atoms with Gasteiger partial charge in [-0.1, -0.05) is 113 Å². The second-order valence-electron chi connectivity index (χ2n) is 9.35. The van der Waals surface area contributed by atoms with Gasteiger partial charge in [0.25, 0.3) is 0 Å². The Morgan fingerprint density at radius 1 is 0.514 bits per heavy atom. The van der Waals surface area contributed by atoms with E-state index in [0.29, 0.717) is 6.61 Å². The van der Waals surface area contributed by atoms with Gasteiger partial charge in [0.1, 0.15) is 18.1 Å². The molecule has 0 aliphatic heterocycles. The number of fused-ring (bicyclic) bond motifs is 1. The molecule has 0 atom stereocenters. The lowest BCUT2D eigenvalue weighted by Gasteiger charge is -2.10. The van der Waals surface area contributed by atoms with Crippen molar-refractivity contribution in [3.8, 4) is 22.6 Å². The molecule has 0 fully saturated rings. The predicted octanol–water partition coefficient (Wildman–Crippen LogP) is 9.61. The maximum absolute atomic E-state index is 6.03. The van der Waals surface area contributed by atoms with Crippen LogP contribution in [0.3, 0.4) is 0 Å². The van der Waals surface area contributed by atoms with Gasteiger partial charge in [-0.2, -0.15) is 0 Å². The van der Waals surface area contributed by atoms with E-state index in [1.165, 1.54) is 72.4 Å². The van der Waals surface area contributed by atoms with Crippen LogP contribution < -0.4 is 9.47 Å². The van der Waals surface area contributed by atoms with E-state index in [4.69, 9.17) is 9.47 Å². The average Bonchev–Trinajstić information content (AvgIpc) is 2.91. The van der Waals surface area contributed by atoms with E-state index in [1.807, 2.05) is 30.3 Å². The maximum atomic E-state index is 6.03. The van der Waals surface area contributed by atoms with Gasteiger partial charge in [0, 0.05) is 0 Å². The molecule has 2 nitrogen and oxygen atoms in total. The Bertz CT molecular complexity index is 1150. The zero-order valence-electron chi connectivity index (χ0n) is 21.0. The summed E-state index contributed by atoms with van der Waals surface area (Å²) >= 11 is 0. The zero-order chi connectivity index (χ0) is 24.1. The molecule has 0 amide bonds. The molecule has 0 aliphatic rings. The monoisotopic (exact) mass is 466 g/mol. The minimum absolute atomic E-state index is 0.583. The smallest absolute Gasteiger partial charge is 0.119 e. The number of rotatable bonds is 14. The molecule has 0 heterocycles. The normalized spacial score (nSPS) is 11.0. The Balaban J connectivity index is 1.26. The molecule has 0 spiro atoms. The maximum Gasteiger partial charge on any atom is 0.119 e. The van der Waals surface area contributed by atoms with Crippen LogP contribution in [-0.2, 0) is 6.61 Å². The summed E-state index contributed by atoms with van der Waals surface area (Å²) in [7, 11) is 0. The summed E-state index contributed by atoms with van der Waals surface area (Å²) in [6.45, 7) is 3.66. The van der Waals surface area contributed by atoms with Crippen LogP contribution in [0.15, 0.2) is 91.0 Å². The van der Waals surface area contributed by atoms with Crippen molar-refractivity contribution in [2.45, 2.75) is 64.9 Å². The first-order valence-electron chi connectivity index (χ1n) is 13.3. The molecule has 2 heteroatoms. The van der Waals surface area contributed by atoms with E-state index in [9.17, 15) is 0 Å². The Morgan fingerprint density at radius 3 is 1.91 bits per heavy atom. The van der Waals surface area contributed by atoms with Gasteiger partial charge in [0.2, 0.25) is 0 Å². The van der Waals surface area contributed by atoms with Crippen LogP contribution in [0, 0.1) is 0 Å². The third-order valence-corrected chi connectivity index (χ3v) is 6.51. The Morgan fingerprint density at radius 2 is 1.14 bits per heavy atom. The SMILES string of the molecule is CCCCCCCCCCOc1ccc2cc(-c3ccc(OCc4ccccc4)cc3)ccc2c1. The number of unbranched alkanes of at least 4 members (excludes halogenated alkanes) is 7. The first-order valence-corrected chi connectivity index (χ1v) is 13.3. The van der Waals surface area contributed by atoms with Crippen molar-refractivity contribution in [2.75, 3.05) is 6.61 Å². The topological polar surface area (TPSA) is 18.5 Å². The van der Waals surface area contributed by atoms with Gasteiger partial charge in [-0.3, -0.25) is 0 Å². The molecule has 4 rings (SSSR count). The van der Waals surface area contributed by atoms with Crippen molar-refractivity contribution >= 4 is 10.8 Å². The van der Waals surface area contributed by atoms with Crippen LogP contribution in [0.5, 0.6) is 11.5 Å². The minimum atomic E-state index is 0.583. The predicted molar refractivity (Wildman–Crippen MR) is 148 cm³/mol. The highest BCUT2D eigenvalue weighted by molar-refractivity contribution is 5.88. The highest BCUT2D eigenvalue weighted by atomic mass is 16.5. The standard InChI is InChI=1S/C33H38O2/c1-2-3-4-5-6-7-8-12-23-34-33-22-19-30-24-29(15-16-31(30)25-33)28-17-20-32(21-18-28)35-26-27-13-10-9-11-14-27/h9-11,13-22,24-25H,2-8,12,23,26H2,1H3. The zero-order valence-corrected chi connectivity index (χ0v) is 21.0. The number of hydrogen-bond donors (Lipinski definition) is 0. The fourth-order valence-electron chi connectivity index (χ4n) is 4.40. The first-order chi connectivity index (χ1) is 17.3.